The quantitative estimate of drug-likeness (QED) is 0.645. The van der Waals surface area contributed by atoms with Gasteiger partial charge in [0.1, 0.15) is 17.4 Å². The van der Waals surface area contributed by atoms with Gasteiger partial charge in [0, 0.05) is 24.2 Å². The van der Waals surface area contributed by atoms with Crippen molar-refractivity contribution in [3.05, 3.63) is 70.1 Å². The van der Waals surface area contributed by atoms with Crippen LogP contribution in [0.4, 0.5) is 8.78 Å². The Kier molecular flexibility index (Phi) is 5.35. The van der Waals surface area contributed by atoms with E-state index >= 15 is 0 Å². The number of hydrogen-bond acceptors (Lipinski definition) is 4. The molecular weight excluding hydrogens is 394 g/mol. The Hall–Kier alpha value is -3.49. The molecule has 1 heterocycles. The molecule has 0 aliphatic heterocycles. The van der Waals surface area contributed by atoms with E-state index in [9.17, 15) is 18.4 Å². The Labute approximate surface area is 170 Å². The summed E-state index contributed by atoms with van der Waals surface area (Å²) in [7, 11) is 1.58. The third kappa shape index (κ3) is 3.96. The summed E-state index contributed by atoms with van der Waals surface area (Å²) in [5, 5.41) is 6.98. The number of amides is 1. The molecule has 0 bridgehead atoms. The van der Waals surface area contributed by atoms with Crippen LogP contribution >= 0.6 is 0 Å². The van der Waals surface area contributed by atoms with E-state index in [1.54, 1.807) is 23.8 Å². The van der Waals surface area contributed by atoms with Gasteiger partial charge >= 0.3 is 5.69 Å². The predicted molar refractivity (Wildman–Crippen MR) is 105 cm³/mol. The third-order valence-electron chi connectivity index (χ3n) is 4.92. The maximum atomic E-state index is 13.7. The SMILES string of the molecule is COc1ccc(-c2nn(CCNC(=O)c3ccc(F)cc3F)c(=O)n2C2CC2)cc1. The first-order chi connectivity index (χ1) is 14.5. The second-order valence-electron chi connectivity index (χ2n) is 7.04. The predicted octanol–water partition coefficient (Wildman–Crippen LogP) is 2.76. The Bertz CT molecular complexity index is 1130. The maximum Gasteiger partial charge on any atom is 0.346 e. The average molecular weight is 414 g/mol. The highest BCUT2D eigenvalue weighted by atomic mass is 19.1. The van der Waals surface area contributed by atoms with Crippen LogP contribution in [0.1, 0.15) is 29.2 Å². The topological polar surface area (TPSA) is 78.2 Å². The summed E-state index contributed by atoms with van der Waals surface area (Å²) in [4.78, 5) is 25.0. The number of methoxy groups -OCH3 is 1. The summed E-state index contributed by atoms with van der Waals surface area (Å²) < 4.78 is 34.9. The van der Waals surface area contributed by atoms with E-state index in [1.165, 1.54) is 4.68 Å². The lowest BCUT2D eigenvalue weighted by Gasteiger charge is -2.06. The highest BCUT2D eigenvalue weighted by Crippen LogP contribution is 2.36. The van der Waals surface area contributed by atoms with Gasteiger partial charge in [-0.1, -0.05) is 0 Å². The van der Waals surface area contributed by atoms with Crippen molar-refractivity contribution in [2.24, 2.45) is 0 Å². The lowest BCUT2D eigenvalue weighted by molar-refractivity contribution is 0.0947. The lowest BCUT2D eigenvalue weighted by Crippen LogP contribution is -2.32. The Morgan fingerprint density at radius 2 is 1.93 bits per heavy atom. The number of halogens is 2. The molecule has 1 aliphatic rings. The van der Waals surface area contributed by atoms with Crippen LogP contribution in [-0.2, 0) is 6.54 Å². The van der Waals surface area contributed by atoms with Crippen molar-refractivity contribution < 1.29 is 18.3 Å². The highest BCUT2D eigenvalue weighted by Gasteiger charge is 2.30. The number of carbonyl (C=O) groups is 1. The number of benzene rings is 2. The van der Waals surface area contributed by atoms with Crippen LogP contribution in [0.3, 0.4) is 0 Å². The minimum Gasteiger partial charge on any atom is -0.497 e. The van der Waals surface area contributed by atoms with Crippen LogP contribution in [0.2, 0.25) is 0 Å². The summed E-state index contributed by atoms with van der Waals surface area (Å²) in [6.07, 6.45) is 1.82. The fourth-order valence-electron chi connectivity index (χ4n) is 3.21. The fourth-order valence-corrected chi connectivity index (χ4v) is 3.21. The van der Waals surface area contributed by atoms with Gasteiger partial charge in [0.15, 0.2) is 5.82 Å². The van der Waals surface area contributed by atoms with Gasteiger partial charge in [0.2, 0.25) is 0 Å². The molecule has 1 N–H and O–H groups in total. The normalized spacial score (nSPS) is 13.3. The van der Waals surface area contributed by atoms with E-state index in [4.69, 9.17) is 4.74 Å². The number of nitrogens with one attached hydrogen (secondary N) is 1. The molecule has 9 heteroatoms. The number of rotatable bonds is 7. The number of nitrogens with zero attached hydrogens (tertiary/aromatic N) is 3. The largest absolute Gasteiger partial charge is 0.497 e. The molecule has 156 valence electrons. The van der Waals surface area contributed by atoms with Crippen molar-refractivity contribution in [3.63, 3.8) is 0 Å². The number of hydrogen-bond donors (Lipinski definition) is 1. The molecule has 30 heavy (non-hydrogen) atoms. The molecule has 1 aliphatic carbocycles. The minimum absolute atomic E-state index is 0.0687. The van der Waals surface area contributed by atoms with Crippen LogP contribution in [-0.4, -0.2) is 33.9 Å². The van der Waals surface area contributed by atoms with Crippen LogP contribution in [0, 0.1) is 11.6 Å². The summed E-state index contributed by atoms with van der Waals surface area (Å²) in [5.74, 6) is -1.12. The van der Waals surface area contributed by atoms with Crippen molar-refractivity contribution >= 4 is 5.91 Å². The number of carbonyl (C=O) groups excluding carboxylic acids is 1. The van der Waals surface area contributed by atoms with Crippen molar-refractivity contribution in [1.82, 2.24) is 19.7 Å². The number of ether oxygens (including phenoxy) is 1. The smallest absolute Gasteiger partial charge is 0.346 e. The molecule has 0 atom stereocenters. The van der Waals surface area contributed by atoms with Gasteiger partial charge in [-0.25, -0.2) is 18.3 Å². The van der Waals surface area contributed by atoms with E-state index in [-0.39, 0.29) is 30.4 Å². The monoisotopic (exact) mass is 414 g/mol. The zero-order chi connectivity index (χ0) is 21.3. The highest BCUT2D eigenvalue weighted by molar-refractivity contribution is 5.94. The molecule has 1 saturated carbocycles. The molecule has 4 rings (SSSR count). The first-order valence-electron chi connectivity index (χ1n) is 9.55. The minimum atomic E-state index is -0.940. The van der Waals surface area contributed by atoms with Crippen LogP contribution in [0.15, 0.2) is 47.3 Å². The van der Waals surface area contributed by atoms with E-state index in [2.05, 4.69) is 10.4 Å². The van der Waals surface area contributed by atoms with E-state index in [0.29, 0.717) is 17.6 Å². The lowest BCUT2D eigenvalue weighted by atomic mass is 10.2. The molecule has 1 fully saturated rings. The second-order valence-corrected chi connectivity index (χ2v) is 7.04. The van der Waals surface area contributed by atoms with Crippen molar-refractivity contribution in [3.8, 4) is 17.1 Å². The molecule has 1 aromatic heterocycles. The summed E-state index contributed by atoms with van der Waals surface area (Å²) in [6, 6.07) is 10.1. The molecule has 0 unspecified atom stereocenters. The molecule has 0 spiro atoms. The molecule has 7 nitrogen and oxygen atoms in total. The Morgan fingerprint density at radius 3 is 2.57 bits per heavy atom. The first-order valence-corrected chi connectivity index (χ1v) is 9.55. The van der Waals surface area contributed by atoms with E-state index in [0.717, 1.165) is 30.5 Å². The second kappa shape index (κ2) is 8.10. The Balaban J connectivity index is 1.50. The molecular formula is C21H20F2N4O3. The Morgan fingerprint density at radius 1 is 1.20 bits per heavy atom. The van der Waals surface area contributed by atoms with Crippen molar-refractivity contribution in [1.29, 1.82) is 0 Å². The van der Waals surface area contributed by atoms with E-state index in [1.807, 2.05) is 12.1 Å². The molecule has 0 radical (unpaired) electrons. The van der Waals surface area contributed by atoms with Gasteiger partial charge in [-0.2, -0.15) is 0 Å². The van der Waals surface area contributed by atoms with Crippen LogP contribution in [0.5, 0.6) is 5.75 Å². The van der Waals surface area contributed by atoms with Gasteiger partial charge in [-0.05, 0) is 49.2 Å². The van der Waals surface area contributed by atoms with Gasteiger partial charge < -0.3 is 10.1 Å². The van der Waals surface area contributed by atoms with Crippen LogP contribution < -0.4 is 15.7 Å². The van der Waals surface area contributed by atoms with Gasteiger partial charge in [-0.15, -0.1) is 5.10 Å². The summed E-state index contributed by atoms with van der Waals surface area (Å²) >= 11 is 0. The van der Waals surface area contributed by atoms with Gasteiger partial charge in [0.05, 0.1) is 19.2 Å². The van der Waals surface area contributed by atoms with E-state index < -0.39 is 17.5 Å². The van der Waals surface area contributed by atoms with Crippen molar-refractivity contribution in [2.75, 3.05) is 13.7 Å². The first kappa shape index (κ1) is 19.8. The standard InChI is InChI=1S/C21H20F2N4O3/c1-30-16-7-2-13(3-8-16)19-25-26(21(29)27(19)15-5-6-15)11-10-24-20(28)17-9-4-14(22)12-18(17)23/h2-4,7-9,12,15H,5-6,10-11H2,1H3,(H,24,28). The van der Waals surface area contributed by atoms with Gasteiger partial charge in [0.25, 0.3) is 5.91 Å². The zero-order valence-electron chi connectivity index (χ0n) is 16.3. The average Bonchev–Trinajstić information content (AvgIpc) is 3.52. The van der Waals surface area contributed by atoms with Gasteiger partial charge in [-0.3, -0.25) is 9.36 Å². The maximum absolute atomic E-state index is 13.7. The molecule has 0 saturated heterocycles. The molecule has 1 amide bonds. The fraction of sp³-hybridized carbons (Fsp3) is 0.286. The number of aromatic nitrogens is 3. The summed E-state index contributed by atoms with van der Waals surface area (Å²) in [6.45, 7) is 0.190. The third-order valence-corrected chi connectivity index (χ3v) is 4.92. The zero-order valence-corrected chi connectivity index (χ0v) is 16.3. The van der Waals surface area contributed by atoms with Crippen LogP contribution in [0.25, 0.3) is 11.4 Å². The molecule has 2 aromatic carbocycles. The summed E-state index contributed by atoms with van der Waals surface area (Å²) in [5.41, 5.74) is 0.271. The van der Waals surface area contributed by atoms with Crippen molar-refractivity contribution in [2.45, 2.75) is 25.4 Å². The molecule has 3 aromatic rings.